The molecule has 92 valence electrons. The van der Waals surface area contributed by atoms with Gasteiger partial charge in [-0.1, -0.05) is 28.1 Å². The summed E-state index contributed by atoms with van der Waals surface area (Å²) in [4.78, 5) is 7.81. The van der Waals surface area contributed by atoms with Gasteiger partial charge >= 0.3 is 0 Å². The van der Waals surface area contributed by atoms with Crippen molar-refractivity contribution in [1.29, 1.82) is 0 Å². The van der Waals surface area contributed by atoms with Gasteiger partial charge in [-0.3, -0.25) is 0 Å². The van der Waals surface area contributed by atoms with Crippen LogP contribution in [-0.2, 0) is 6.54 Å². The molecule has 0 aliphatic rings. The first-order chi connectivity index (χ1) is 9.28. The molecule has 0 atom stereocenters. The standard InChI is InChI=1S/C14H9BrN4/c1-16-9-12-3-2-4-14(18-12)19-13-7-11(15)6-5-10(13)8-17-19/h2-8H,9H2. The van der Waals surface area contributed by atoms with Crippen molar-refractivity contribution < 1.29 is 0 Å². The van der Waals surface area contributed by atoms with Crippen LogP contribution in [-0.4, -0.2) is 14.8 Å². The van der Waals surface area contributed by atoms with E-state index >= 15 is 0 Å². The van der Waals surface area contributed by atoms with Gasteiger partial charge < -0.3 is 4.85 Å². The fraction of sp³-hybridized carbons (Fsp3) is 0.0714. The Balaban J connectivity index is 2.16. The molecule has 4 nitrogen and oxygen atoms in total. The summed E-state index contributed by atoms with van der Waals surface area (Å²) in [5, 5.41) is 5.42. The van der Waals surface area contributed by atoms with E-state index < -0.39 is 0 Å². The van der Waals surface area contributed by atoms with Gasteiger partial charge in [-0.15, -0.1) is 0 Å². The minimum absolute atomic E-state index is 0.288. The highest BCUT2D eigenvalue weighted by Crippen LogP contribution is 2.21. The van der Waals surface area contributed by atoms with Crippen LogP contribution in [0.4, 0.5) is 0 Å². The highest BCUT2D eigenvalue weighted by Gasteiger charge is 2.07. The third-order valence-electron chi connectivity index (χ3n) is 2.78. The van der Waals surface area contributed by atoms with Crippen molar-refractivity contribution in [3.8, 4) is 5.82 Å². The normalized spacial score (nSPS) is 10.5. The van der Waals surface area contributed by atoms with Crippen LogP contribution >= 0.6 is 15.9 Å². The fourth-order valence-corrected chi connectivity index (χ4v) is 2.28. The van der Waals surface area contributed by atoms with Crippen molar-refractivity contribution in [2.75, 3.05) is 0 Å². The molecule has 0 saturated heterocycles. The molecule has 2 aromatic heterocycles. The molecule has 19 heavy (non-hydrogen) atoms. The summed E-state index contributed by atoms with van der Waals surface area (Å²) in [6.45, 7) is 7.19. The van der Waals surface area contributed by atoms with Crippen LogP contribution in [0.5, 0.6) is 0 Å². The number of pyridine rings is 1. The van der Waals surface area contributed by atoms with Gasteiger partial charge in [0, 0.05) is 9.86 Å². The van der Waals surface area contributed by atoms with E-state index in [0.29, 0.717) is 0 Å². The lowest BCUT2D eigenvalue weighted by Gasteiger charge is -2.03. The van der Waals surface area contributed by atoms with Crippen LogP contribution in [0.1, 0.15) is 5.69 Å². The Bertz CT molecular complexity index is 785. The second kappa shape index (κ2) is 4.82. The predicted octanol–water partition coefficient (Wildman–Crippen LogP) is 3.60. The van der Waals surface area contributed by atoms with Crippen molar-refractivity contribution >= 4 is 26.8 Å². The summed E-state index contributed by atoms with van der Waals surface area (Å²) in [5.41, 5.74) is 1.74. The average molecular weight is 313 g/mol. The number of benzene rings is 1. The number of aromatic nitrogens is 3. The number of hydrogen-bond acceptors (Lipinski definition) is 2. The Morgan fingerprint density at radius 1 is 1.26 bits per heavy atom. The highest BCUT2D eigenvalue weighted by molar-refractivity contribution is 9.10. The summed E-state index contributed by atoms with van der Waals surface area (Å²) in [5.74, 6) is 0.731. The first kappa shape index (κ1) is 11.9. The Labute approximate surface area is 118 Å². The molecule has 0 spiro atoms. The van der Waals surface area contributed by atoms with Crippen molar-refractivity contribution in [2.45, 2.75) is 6.54 Å². The number of hydrogen-bond donors (Lipinski definition) is 0. The SMILES string of the molecule is [C-]#[N+]Cc1cccc(-n2ncc3ccc(Br)cc32)n1. The van der Waals surface area contributed by atoms with Gasteiger partial charge in [0.15, 0.2) is 5.82 Å². The first-order valence-corrected chi connectivity index (χ1v) is 6.50. The van der Waals surface area contributed by atoms with Crippen molar-refractivity contribution in [1.82, 2.24) is 14.8 Å². The zero-order valence-corrected chi connectivity index (χ0v) is 11.5. The first-order valence-electron chi connectivity index (χ1n) is 5.71. The summed E-state index contributed by atoms with van der Waals surface area (Å²) >= 11 is 3.46. The molecular weight excluding hydrogens is 304 g/mol. The van der Waals surface area contributed by atoms with Crippen molar-refractivity contribution in [3.05, 3.63) is 64.2 Å². The summed E-state index contributed by atoms with van der Waals surface area (Å²) in [7, 11) is 0. The maximum atomic E-state index is 6.90. The second-order valence-corrected chi connectivity index (χ2v) is 4.98. The van der Waals surface area contributed by atoms with E-state index in [9.17, 15) is 0 Å². The minimum atomic E-state index is 0.288. The van der Waals surface area contributed by atoms with Crippen LogP contribution in [0.15, 0.2) is 47.1 Å². The third-order valence-corrected chi connectivity index (χ3v) is 3.28. The van der Waals surface area contributed by atoms with Gasteiger partial charge in [0.05, 0.1) is 11.7 Å². The third kappa shape index (κ3) is 2.23. The summed E-state index contributed by atoms with van der Waals surface area (Å²) in [6.07, 6.45) is 1.81. The molecule has 0 radical (unpaired) electrons. The van der Waals surface area contributed by atoms with Gasteiger partial charge in [-0.25, -0.2) is 16.2 Å². The highest BCUT2D eigenvalue weighted by atomic mass is 79.9. The van der Waals surface area contributed by atoms with E-state index in [0.717, 1.165) is 26.9 Å². The maximum Gasteiger partial charge on any atom is 0.256 e. The van der Waals surface area contributed by atoms with Gasteiger partial charge in [0.2, 0.25) is 0 Å². The molecule has 0 unspecified atom stereocenters. The zero-order chi connectivity index (χ0) is 13.2. The van der Waals surface area contributed by atoms with E-state index in [1.807, 2.05) is 42.6 Å². The predicted molar refractivity (Wildman–Crippen MR) is 76.9 cm³/mol. The summed E-state index contributed by atoms with van der Waals surface area (Å²) in [6, 6.07) is 11.6. The number of halogens is 1. The largest absolute Gasteiger partial charge is 0.310 e. The number of rotatable bonds is 2. The average Bonchev–Trinajstić information content (AvgIpc) is 2.82. The fourth-order valence-electron chi connectivity index (χ4n) is 1.93. The molecule has 1 aromatic carbocycles. The molecule has 3 rings (SSSR count). The molecule has 0 aliphatic carbocycles. The minimum Gasteiger partial charge on any atom is -0.310 e. The molecule has 0 aliphatic heterocycles. The molecule has 0 bridgehead atoms. The van der Waals surface area contributed by atoms with Crippen LogP contribution in [0.25, 0.3) is 21.6 Å². The molecule has 0 fully saturated rings. The molecule has 3 aromatic rings. The molecule has 0 saturated carbocycles. The zero-order valence-electron chi connectivity index (χ0n) is 9.92. The van der Waals surface area contributed by atoms with Gasteiger partial charge in [-0.2, -0.15) is 5.10 Å². The molecule has 0 N–H and O–H groups in total. The smallest absolute Gasteiger partial charge is 0.256 e. The Morgan fingerprint density at radius 3 is 3.00 bits per heavy atom. The number of nitrogens with zero attached hydrogens (tertiary/aromatic N) is 4. The molecule has 0 amide bonds. The quantitative estimate of drug-likeness (QED) is 0.678. The lowest BCUT2D eigenvalue weighted by molar-refractivity contribution is 0.862. The topological polar surface area (TPSA) is 35.1 Å². The van der Waals surface area contributed by atoms with E-state index in [-0.39, 0.29) is 6.54 Å². The van der Waals surface area contributed by atoms with E-state index in [1.165, 1.54) is 0 Å². The van der Waals surface area contributed by atoms with Gasteiger partial charge in [0.25, 0.3) is 6.54 Å². The summed E-state index contributed by atoms with van der Waals surface area (Å²) < 4.78 is 2.78. The Hall–Kier alpha value is -2.19. The number of fused-ring (bicyclic) bond motifs is 1. The molecule has 5 heteroatoms. The van der Waals surface area contributed by atoms with Crippen molar-refractivity contribution in [2.24, 2.45) is 0 Å². The van der Waals surface area contributed by atoms with Crippen LogP contribution < -0.4 is 0 Å². The van der Waals surface area contributed by atoms with Gasteiger partial charge in [-0.05, 0) is 24.3 Å². The Morgan fingerprint density at radius 2 is 2.16 bits per heavy atom. The van der Waals surface area contributed by atoms with Crippen molar-refractivity contribution in [3.63, 3.8) is 0 Å². The lowest BCUT2D eigenvalue weighted by Crippen LogP contribution is -2.01. The van der Waals surface area contributed by atoms with E-state index in [1.54, 1.807) is 4.68 Å². The molecular formula is C14H9BrN4. The molecule has 2 heterocycles. The Kier molecular flexibility index (Phi) is 3.02. The van der Waals surface area contributed by atoms with E-state index in [4.69, 9.17) is 6.57 Å². The van der Waals surface area contributed by atoms with Gasteiger partial charge in [0.1, 0.15) is 5.69 Å². The van der Waals surface area contributed by atoms with Crippen LogP contribution in [0, 0.1) is 6.57 Å². The maximum absolute atomic E-state index is 6.90. The van der Waals surface area contributed by atoms with Crippen LogP contribution in [0.3, 0.4) is 0 Å². The van der Waals surface area contributed by atoms with E-state index in [2.05, 4.69) is 30.9 Å². The lowest BCUT2D eigenvalue weighted by atomic mass is 10.2. The monoisotopic (exact) mass is 312 g/mol. The van der Waals surface area contributed by atoms with Crippen LogP contribution in [0.2, 0.25) is 0 Å². The second-order valence-electron chi connectivity index (χ2n) is 4.06.